The topological polar surface area (TPSA) is 84.3 Å². The van der Waals surface area contributed by atoms with Gasteiger partial charge in [-0.1, -0.05) is 11.6 Å². The van der Waals surface area contributed by atoms with E-state index in [0.717, 1.165) is 36.3 Å². The van der Waals surface area contributed by atoms with Gasteiger partial charge in [0.2, 0.25) is 15.9 Å². The largest absolute Gasteiger partial charge is 0.310 e. The smallest absolute Gasteiger partial charge is 0.243 e. The summed E-state index contributed by atoms with van der Waals surface area (Å²) in [7, 11) is -1.72. The number of rotatable bonds is 4. The Morgan fingerprint density at radius 2 is 1.86 bits per heavy atom. The van der Waals surface area contributed by atoms with Gasteiger partial charge in [0.05, 0.1) is 10.6 Å². The molecule has 2 aliphatic rings. The molecule has 1 N–H and O–H groups in total. The van der Waals surface area contributed by atoms with E-state index in [9.17, 15) is 13.2 Å². The highest BCUT2D eigenvalue weighted by atomic mass is 35.5. The highest BCUT2D eigenvalue weighted by Gasteiger charge is 2.33. The summed E-state index contributed by atoms with van der Waals surface area (Å²) in [4.78, 5) is 13.0. The van der Waals surface area contributed by atoms with Gasteiger partial charge in [-0.25, -0.2) is 8.42 Å². The Morgan fingerprint density at radius 3 is 2.54 bits per heavy atom. The van der Waals surface area contributed by atoms with Crippen LogP contribution in [0, 0.1) is 5.92 Å². The molecule has 0 atom stereocenters. The first-order valence-electron chi connectivity index (χ1n) is 9.47. The summed E-state index contributed by atoms with van der Waals surface area (Å²) >= 11 is 5.85. The predicted molar refractivity (Wildman–Crippen MR) is 107 cm³/mol. The zero-order chi connectivity index (χ0) is 19.9. The molecule has 1 aromatic carbocycles. The van der Waals surface area contributed by atoms with Gasteiger partial charge in [0.1, 0.15) is 5.82 Å². The maximum Gasteiger partial charge on any atom is 0.243 e. The Hall–Kier alpha value is -1.90. The molecule has 1 fully saturated rings. The summed E-state index contributed by atoms with van der Waals surface area (Å²) in [6.07, 6.45) is 3.97. The number of halogens is 1. The van der Waals surface area contributed by atoms with Crippen LogP contribution in [0.25, 0.3) is 0 Å². The third kappa shape index (κ3) is 3.56. The minimum absolute atomic E-state index is 0.0544. The van der Waals surface area contributed by atoms with Crippen molar-refractivity contribution in [1.82, 2.24) is 14.1 Å². The number of aryl methyl sites for hydroxylation is 2. The van der Waals surface area contributed by atoms with Gasteiger partial charge in [-0.3, -0.25) is 9.48 Å². The van der Waals surface area contributed by atoms with Crippen LogP contribution in [0.4, 0.5) is 5.82 Å². The summed E-state index contributed by atoms with van der Waals surface area (Å²) in [6.45, 7) is 0.652. The molecule has 0 bridgehead atoms. The minimum atomic E-state index is -3.56. The normalized spacial score (nSPS) is 18.2. The van der Waals surface area contributed by atoms with Gasteiger partial charge in [0.25, 0.3) is 0 Å². The van der Waals surface area contributed by atoms with Crippen LogP contribution in [0.5, 0.6) is 0 Å². The minimum Gasteiger partial charge on any atom is -0.310 e. The highest BCUT2D eigenvalue weighted by Crippen LogP contribution is 2.30. The van der Waals surface area contributed by atoms with Crippen LogP contribution in [0.15, 0.2) is 29.2 Å². The fraction of sp³-hybridized carbons (Fsp3) is 0.474. The molecule has 2 aromatic rings. The number of fused-ring (bicyclic) bond motifs is 1. The van der Waals surface area contributed by atoms with E-state index in [2.05, 4.69) is 10.4 Å². The first-order chi connectivity index (χ1) is 13.4. The second-order valence-corrected chi connectivity index (χ2v) is 9.75. The van der Waals surface area contributed by atoms with Crippen LogP contribution in [-0.4, -0.2) is 41.5 Å². The van der Waals surface area contributed by atoms with E-state index in [1.807, 2.05) is 7.05 Å². The van der Waals surface area contributed by atoms with Gasteiger partial charge >= 0.3 is 0 Å². The van der Waals surface area contributed by atoms with Gasteiger partial charge in [-0.15, -0.1) is 0 Å². The number of amides is 1. The summed E-state index contributed by atoms with van der Waals surface area (Å²) in [5.41, 5.74) is 2.21. The number of hydrogen-bond donors (Lipinski definition) is 1. The molecule has 1 aliphatic heterocycles. The molecule has 0 radical (unpaired) electrons. The SMILES string of the molecule is Cn1nc2c(c1NC(=O)C1CCN(S(=O)(=O)c3ccc(Cl)cc3)CC1)CCC2. The average Bonchev–Trinajstić information content (AvgIpc) is 3.24. The van der Waals surface area contributed by atoms with Crippen LogP contribution in [0.2, 0.25) is 5.02 Å². The third-order valence-corrected chi connectivity index (χ3v) is 7.75. The van der Waals surface area contributed by atoms with E-state index in [0.29, 0.717) is 31.0 Å². The second-order valence-electron chi connectivity index (χ2n) is 7.37. The van der Waals surface area contributed by atoms with Gasteiger partial charge < -0.3 is 5.32 Å². The molecule has 2 heterocycles. The molecular weight excluding hydrogens is 400 g/mol. The average molecular weight is 423 g/mol. The van der Waals surface area contributed by atoms with Crippen molar-refractivity contribution in [3.8, 4) is 0 Å². The summed E-state index contributed by atoms with van der Waals surface area (Å²) in [6, 6.07) is 6.17. The van der Waals surface area contributed by atoms with Crippen molar-refractivity contribution >= 4 is 33.3 Å². The standard InChI is InChI=1S/C19H23ClN4O3S/c1-23-18(16-3-2-4-17(16)22-23)21-19(25)13-9-11-24(12-10-13)28(26,27)15-7-5-14(20)6-8-15/h5-8,13H,2-4,9-12H2,1H3,(H,21,25). The fourth-order valence-corrected chi connectivity index (χ4v) is 5.60. The Morgan fingerprint density at radius 1 is 1.18 bits per heavy atom. The molecular formula is C19H23ClN4O3S. The van der Waals surface area contributed by atoms with Crippen LogP contribution in [-0.2, 0) is 34.7 Å². The molecule has 1 aliphatic carbocycles. The number of benzene rings is 1. The Labute approximate surface area is 169 Å². The Bertz CT molecular complexity index is 993. The number of nitrogens with one attached hydrogen (secondary N) is 1. The summed E-state index contributed by atoms with van der Waals surface area (Å²) < 4.78 is 28.7. The fourth-order valence-electron chi connectivity index (χ4n) is 4.01. The number of sulfonamides is 1. The molecule has 0 unspecified atom stereocenters. The van der Waals surface area contributed by atoms with E-state index in [1.165, 1.54) is 16.4 Å². The maximum absolute atomic E-state index is 12.8. The zero-order valence-corrected chi connectivity index (χ0v) is 17.3. The lowest BCUT2D eigenvalue weighted by Crippen LogP contribution is -2.41. The number of nitrogens with zero attached hydrogens (tertiary/aromatic N) is 3. The number of carbonyl (C=O) groups excluding carboxylic acids is 1. The van der Waals surface area contributed by atoms with Crippen molar-refractivity contribution in [3.63, 3.8) is 0 Å². The Balaban J connectivity index is 1.40. The predicted octanol–water partition coefficient (Wildman–Crippen LogP) is 2.60. The molecule has 1 amide bonds. The summed E-state index contributed by atoms with van der Waals surface area (Å²) in [5, 5.41) is 8.01. The van der Waals surface area contributed by atoms with E-state index in [4.69, 9.17) is 11.6 Å². The van der Waals surface area contributed by atoms with Gasteiger partial charge in [0.15, 0.2) is 0 Å². The van der Waals surface area contributed by atoms with Gasteiger partial charge in [-0.2, -0.15) is 9.40 Å². The number of carbonyl (C=O) groups is 1. The molecule has 9 heteroatoms. The molecule has 28 heavy (non-hydrogen) atoms. The van der Waals surface area contributed by atoms with Crippen LogP contribution >= 0.6 is 11.6 Å². The van der Waals surface area contributed by atoms with Crippen LogP contribution in [0.1, 0.15) is 30.5 Å². The zero-order valence-electron chi connectivity index (χ0n) is 15.7. The lowest BCUT2D eigenvalue weighted by Gasteiger charge is -2.30. The Kier molecular flexibility index (Phi) is 5.20. The van der Waals surface area contributed by atoms with E-state index in [-0.39, 0.29) is 16.7 Å². The number of piperidine rings is 1. The van der Waals surface area contributed by atoms with Crippen molar-refractivity contribution in [3.05, 3.63) is 40.5 Å². The number of anilines is 1. The molecule has 1 aromatic heterocycles. The van der Waals surface area contributed by atoms with Crippen molar-refractivity contribution in [1.29, 1.82) is 0 Å². The van der Waals surface area contributed by atoms with Gasteiger partial charge in [0, 0.05) is 36.6 Å². The highest BCUT2D eigenvalue weighted by molar-refractivity contribution is 7.89. The molecule has 150 valence electrons. The molecule has 7 nitrogen and oxygen atoms in total. The molecule has 4 rings (SSSR count). The van der Waals surface area contributed by atoms with Crippen molar-refractivity contribution < 1.29 is 13.2 Å². The number of hydrogen-bond acceptors (Lipinski definition) is 4. The molecule has 0 saturated carbocycles. The van der Waals surface area contributed by atoms with Gasteiger partial charge in [-0.05, 0) is 56.4 Å². The van der Waals surface area contributed by atoms with Crippen molar-refractivity contribution in [2.45, 2.75) is 37.0 Å². The van der Waals surface area contributed by atoms with E-state index in [1.54, 1.807) is 16.8 Å². The lowest BCUT2D eigenvalue weighted by atomic mass is 9.97. The van der Waals surface area contributed by atoms with E-state index >= 15 is 0 Å². The quantitative estimate of drug-likeness (QED) is 0.820. The molecule has 0 spiro atoms. The van der Waals surface area contributed by atoms with E-state index < -0.39 is 10.0 Å². The molecule has 1 saturated heterocycles. The first-order valence-corrected chi connectivity index (χ1v) is 11.3. The lowest BCUT2D eigenvalue weighted by molar-refractivity contribution is -0.121. The maximum atomic E-state index is 12.8. The second kappa shape index (κ2) is 7.50. The van der Waals surface area contributed by atoms with Crippen molar-refractivity contribution in [2.75, 3.05) is 18.4 Å². The monoisotopic (exact) mass is 422 g/mol. The third-order valence-electron chi connectivity index (χ3n) is 5.59. The number of aromatic nitrogens is 2. The van der Waals surface area contributed by atoms with Crippen molar-refractivity contribution in [2.24, 2.45) is 13.0 Å². The van der Waals surface area contributed by atoms with Crippen LogP contribution < -0.4 is 5.32 Å². The van der Waals surface area contributed by atoms with Crippen LogP contribution in [0.3, 0.4) is 0 Å². The first kappa shape index (κ1) is 19.4. The summed E-state index contributed by atoms with van der Waals surface area (Å²) in [5.74, 6) is 0.526.